The van der Waals surface area contributed by atoms with Crippen molar-refractivity contribution in [3.05, 3.63) is 182 Å². The number of thiophene rings is 1. The van der Waals surface area contributed by atoms with Gasteiger partial charge in [0.1, 0.15) is 0 Å². The summed E-state index contributed by atoms with van der Waals surface area (Å²) in [6.07, 6.45) is 0. The Labute approximate surface area is 298 Å². The summed E-state index contributed by atoms with van der Waals surface area (Å²) < 4.78 is 5.03. The van der Waals surface area contributed by atoms with Gasteiger partial charge in [-0.1, -0.05) is 127 Å². The minimum absolute atomic E-state index is 1.13. The molecule has 3 heteroatoms. The van der Waals surface area contributed by atoms with Gasteiger partial charge in [-0.15, -0.1) is 11.3 Å². The molecular formula is C48H30N2S. The second-order valence-electron chi connectivity index (χ2n) is 13.3. The summed E-state index contributed by atoms with van der Waals surface area (Å²) in [7, 11) is 0. The molecule has 51 heavy (non-hydrogen) atoms. The van der Waals surface area contributed by atoms with Crippen molar-refractivity contribution in [3.63, 3.8) is 0 Å². The molecule has 2 nitrogen and oxygen atoms in total. The molecule has 0 aliphatic heterocycles. The van der Waals surface area contributed by atoms with Crippen LogP contribution in [0.25, 0.3) is 80.0 Å². The maximum atomic E-state index is 2.52. The number of anilines is 3. The van der Waals surface area contributed by atoms with E-state index in [1.165, 1.54) is 80.0 Å². The Bertz CT molecular complexity index is 3150. The van der Waals surface area contributed by atoms with Crippen molar-refractivity contribution in [2.75, 3.05) is 4.90 Å². The highest BCUT2D eigenvalue weighted by Crippen LogP contribution is 2.49. The number of nitrogens with zero attached hydrogens (tertiary/aromatic N) is 2. The normalized spacial score (nSPS) is 11.9. The molecule has 0 bridgehead atoms. The number of rotatable bonds is 4. The summed E-state index contributed by atoms with van der Waals surface area (Å²) in [6.45, 7) is 0. The van der Waals surface area contributed by atoms with Crippen molar-refractivity contribution in [3.8, 4) is 5.69 Å². The zero-order valence-corrected chi connectivity index (χ0v) is 28.4. The highest BCUT2D eigenvalue weighted by atomic mass is 32.1. The maximum Gasteiger partial charge on any atom is 0.0782 e. The minimum atomic E-state index is 1.13. The smallest absolute Gasteiger partial charge is 0.0782 e. The maximum absolute atomic E-state index is 2.52. The van der Waals surface area contributed by atoms with Crippen LogP contribution in [0.4, 0.5) is 17.1 Å². The van der Waals surface area contributed by atoms with E-state index >= 15 is 0 Å². The van der Waals surface area contributed by atoms with Crippen LogP contribution in [0, 0.1) is 0 Å². The molecule has 11 rings (SSSR count). The van der Waals surface area contributed by atoms with Crippen LogP contribution in [-0.2, 0) is 0 Å². The molecule has 0 N–H and O–H groups in total. The third-order valence-corrected chi connectivity index (χ3v) is 11.7. The van der Waals surface area contributed by atoms with E-state index < -0.39 is 0 Å². The number of fused-ring (bicyclic) bond motifs is 11. The molecule has 0 aliphatic carbocycles. The topological polar surface area (TPSA) is 8.17 Å². The molecule has 0 unspecified atom stereocenters. The van der Waals surface area contributed by atoms with Gasteiger partial charge < -0.3 is 9.47 Å². The fourth-order valence-corrected chi connectivity index (χ4v) is 9.46. The van der Waals surface area contributed by atoms with Crippen LogP contribution in [-0.4, -0.2) is 4.57 Å². The summed E-state index contributed by atoms with van der Waals surface area (Å²) in [5.41, 5.74) is 6.96. The first kappa shape index (κ1) is 28.4. The predicted molar refractivity (Wildman–Crippen MR) is 221 cm³/mol. The molecule has 0 saturated carbocycles. The number of hydrogen-bond acceptors (Lipinski definition) is 2. The first-order valence-corrected chi connectivity index (χ1v) is 18.3. The van der Waals surface area contributed by atoms with Crippen LogP contribution in [0.1, 0.15) is 0 Å². The quantitative estimate of drug-likeness (QED) is 0.170. The highest BCUT2D eigenvalue weighted by Gasteiger charge is 2.24. The first-order valence-electron chi connectivity index (χ1n) is 17.4. The molecule has 2 heterocycles. The summed E-state index contributed by atoms with van der Waals surface area (Å²) in [5.74, 6) is 0. The average Bonchev–Trinajstić information content (AvgIpc) is 3.75. The van der Waals surface area contributed by atoms with Gasteiger partial charge in [0.2, 0.25) is 0 Å². The fraction of sp³-hybridized carbons (Fsp3) is 0. The van der Waals surface area contributed by atoms with E-state index in [0.717, 1.165) is 17.1 Å². The molecule has 11 aromatic rings. The summed E-state index contributed by atoms with van der Waals surface area (Å²) in [6, 6.07) is 66.8. The van der Waals surface area contributed by atoms with Crippen LogP contribution in [0.2, 0.25) is 0 Å². The van der Waals surface area contributed by atoms with E-state index in [1.54, 1.807) is 0 Å². The molecule has 0 radical (unpaired) electrons. The molecule has 0 spiro atoms. The van der Waals surface area contributed by atoms with E-state index in [9.17, 15) is 0 Å². The molecule has 0 fully saturated rings. The van der Waals surface area contributed by atoms with E-state index in [-0.39, 0.29) is 0 Å². The van der Waals surface area contributed by atoms with Crippen LogP contribution >= 0.6 is 11.3 Å². The van der Waals surface area contributed by atoms with E-state index in [0.29, 0.717) is 0 Å². The third kappa shape index (κ3) is 4.22. The van der Waals surface area contributed by atoms with Gasteiger partial charge in [0.25, 0.3) is 0 Å². The van der Waals surface area contributed by atoms with Gasteiger partial charge in [-0.2, -0.15) is 0 Å². The zero-order chi connectivity index (χ0) is 33.5. The van der Waals surface area contributed by atoms with Crippen molar-refractivity contribution in [1.29, 1.82) is 0 Å². The molecule has 2 aromatic heterocycles. The second-order valence-corrected chi connectivity index (χ2v) is 14.4. The Kier molecular flexibility index (Phi) is 6.16. The van der Waals surface area contributed by atoms with Crippen LogP contribution in [0.5, 0.6) is 0 Å². The van der Waals surface area contributed by atoms with E-state index in [2.05, 4.69) is 191 Å². The lowest BCUT2D eigenvalue weighted by Gasteiger charge is -2.28. The van der Waals surface area contributed by atoms with Crippen LogP contribution in [0.15, 0.2) is 182 Å². The summed E-state index contributed by atoms with van der Waals surface area (Å²) >= 11 is 1.87. The van der Waals surface area contributed by atoms with Crippen LogP contribution < -0.4 is 4.90 Å². The van der Waals surface area contributed by atoms with Crippen molar-refractivity contribution >= 4 is 103 Å². The van der Waals surface area contributed by atoms with Gasteiger partial charge in [0, 0.05) is 42.3 Å². The van der Waals surface area contributed by atoms with Crippen molar-refractivity contribution in [1.82, 2.24) is 4.57 Å². The Balaban J connectivity index is 1.30. The molecule has 238 valence electrons. The fourth-order valence-electron chi connectivity index (χ4n) is 8.33. The lowest BCUT2D eigenvalue weighted by Crippen LogP contribution is -2.12. The highest BCUT2D eigenvalue weighted by molar-refractivity contribution is 7.26. The summed E-state index contributed by atoms with van der Waals surface area (Å²) in [5, 5.41) is 12.6. The SMILES string of the molecule is c1ccc(-n2c3ccccc3c3cccc(N(c4ccc5ccc6ccc7ccccc7c6c5c4)c4cccc5sc6ccccc6c45)c32)cc1. The number of hydrogen-bond donors (Lipinski definition) is 0. The number of aromatic nitrogens is 1. The molecular weight excluding hydrogens is 637 g/mol. The van der Waals surface area contributed by atoms with Gasteiger partial charge >= 0.3 is 0 Å². The second kappa shape index (κ2) is 11.0. The van der Waals surface area contributed by atoms with Crippen LogP contribution in [0.3, 0.4) is 0 Å². The Morgan fingerprint density at radius 1 is 0.392 bits per heavy atom. The number of para-hydroxylation sites is 3. The van der Waals surface area contributed by atoms with Gasteiger partial charge in [-0.05, 0) is 86.9 Å². The van der Waals surface area contributed by atoms with Crippen molar-refractivity contribution in [2.24, 2.45) is 0 Å². The first-order chi connectivity index (χ1) is 25.3. The minimum Gasteiger partial charge on any atom is -0.308 e. The van der Waals surface area contributed by atoms with E-state index in [4.69, 9.17) is 0 Å². The van der Waals surface area contributed by atoms with Gasteiger partial charge in [0.05, 0.1) is 22.4 Å². The Morgan fingerprint density at radius 3 is 1.90 bits per heavy atom. The Hall–Kier alpha value is -6.42. The molecule has 0 aliphatic rings. The standard InChI is InChI=1S/C48H30N2S/c1-2-13-34(14-3-1)50-41-19-8-6-16-37(41)38-18-10-21-43(48(38)50)49(42-20-11-23-45-47(42)39-17-7-9-22-44(39)51-45)35-29-28-32-25-27-33-26-24-31-12-4-5-15-36(31)46(33)40(32)30-35/h1-30H. The van der Waals surface area contributed by atoms with Gasteiger partial charge in [-0.3, -0.25) is 0 Å². The largest absolute Gasteiger partial charge is 0.308 e. The van der Waals surface area contributed by atoms with E-state index in [1.807, 2.05) is 11.3 Å². The number of benzene rings is 9. The predicted octanol–water partition coefficient (Wildman–Crippen LogP) is 14.1. The summed E-state index contributed by atoms with van der Waals surface area (Å²) in [4.78, 5) is 2.52. The average molecular weight is 667 g/mol. The molecule has 0 atom stereocenters. The lowest BCUT2D eigenvalue weighted by atomic mass is 9.96. The van der Waals surface area contributed by atoms with Gasteiger partial charge in [-0.25, -0.2) is 0 Å². The molecule has 0 saturated heterocycles. The van der Waals surface area contributed by atoms with Crippen molar-refractivity contribution in [2.45, 2.75) is 0 Å². The molecule has 0 amide bonds. The monoisotopic (exact) mass is 666 g/mol. The third-order valence-electron chi connectivity index (χ3n) is 10.5. The molecule has 9 aromatic carbocycles. The zero-order valence-electron chi connectivity index (χ0n) is 27.6. The lowest BCUT2D eigenvalue weighted by molar-refractivity contribution is 1.17. The Morgan fingerprint density at radius 2 is 1.02 bits per heavy atom. The van der Waals surface area contributed by atoms with Crippen molar-refractivity contribution < 1.29 is 0 Å². The van der Waals surface area contributed by atoms with Gasteiger partial charge in [0.15, 0.2) is 0 Å².